The number of hydrogen-bond donors (Lipinski definition) is 1. The third-order valence-corrected chi connectivity index (χ3v) is 6.06. The number of nitrogens with zero attached hydrogens (tertiary/aromatic N) is 4. The summed E-state index contributed by atoms with van der Waals surface area (Å²) in [5.41, 5.74) is 1.40. The van der Waals surface area contributed by atoms with Crippen molar-refractivity contribution in [1.82, 2.24) is 20.2 Å². The number of benzene rings is 2. The Bertz CT molecular complexity index is 1090. The fourth-order valence-electron chi connectivity index (χ4n) is 3.75. The highest BCUT2D eigenvalue weighted by atomic mass is 35.5. The van der Waals surface area contributed by atoms with Crippen molar-refractivity contribution in [2.45, 2.75) is 6.61 Å². The molecule has 0 saturated carbocycles. The minimum absolute atomic E-state index is 0.146. The van der Waals surface area contributed by atoms with E-state index in [2.05, 4.69) is 25.1 Å². The van der Waals surface area contributed by atoms with Crippen molar-refractivity contribution in [1.29, 1.82) is 0 Å². The Morgan fingerprint density at radius 1 is 1.03 bits per heavy atom. The molecule has 1 saturated heterocycles. The van der Waals surface area contributed by atoms with Gasteiger partial charge in [-0.3, -0.25) is 9.69 Å². The molecular formula is C25H28ClN5O3. The number of carbonyl (C=O) groups excluding carboxylic acids is 1. The highest BCUT2D eigenvalue weighted by molar-refractivity contribution is 6.31. The normalized spacial score (nSPS) is 14.0. The molecule has 0 unspecified atom stereocenters. The third-order valence-electron chi connectivity index (χ3n) is 5.69. The van der Waals surface area contributed by atoms with Gasteiger partial charge in [-0.1, -0.05) is 29.8 Å². The quantitative estimate of drug-likeness (QED) is 0.502. The second kappa shape index (κ2) is 11.7. The summed E-state index contributed by atoms with van der Waals surface area (Å²) in [6.45, 7) is 5.19. The van der Waals surface area contributed by atoms with Crippen LogP contribution in [-0.4, -0.2) is 67.2 Å². The van der Waals surface area contributed by atoms with Crippen molar-refractivity contribution >= 4 is 23.5 Å². The molecule has 1 fully saturated rings. The predicted molar refractivity (Wildman–Crippen MR) is 132 cm³/mol. The number of rotatable bonds is 9. The lowest BCUT2D eigenvalue weighted by molar-refractivity contribution is 0.0947. The van der Waals surface area contributed by atoms with E-state index in [4.69, 9.17) is 21.1 Å². The molecule has 0 aliphatic carbocycles. The standard InChI is InChI=1S/C25H28ClN5O3/c1-33-23-17-19(7-8-22(23)34-18-20-5-2-3-6-21(20)26)24(32)27-11-12-30-13-15-31(16-14-30)25-28-9-4-10-29-25/h2-10,17H,11-16,18H2,1H3,(H,27,32). The topological polar surface area (TPSA) is 79.8 Å². The van der Waals surface area contributed by atoms with E-state index in [-0.39, 0.29) is 5.91 Å². The average Bonchev–Trinajstić information content (AvgIpc) is 2.89. The molecule has 178 valence electrons. The van der Waals surface area contributed by atoms with Crippen LogP contribution in [0.15, 0.2) is 60.9 Å². The molecule has 1 aromatic heterocycles. The Hall–Kier alpha value is -3.36. The van der Waals surface area contributed by atoms with Gasteiger partial charge >= 0.3 is 0 Å². The number of nitrogens with one attached hydrogen (secondary N) is 1. The molecule has 1 N–H and O–H groups in total. The molecule has 0 radical (unpaired) electrons. The van der Waals surface area contributed by atoms with Crippen LogP contribution in [0.25, 0.3) is 0 Å². The lowest BCUT2D eigenvalue weighted by Gasteiger charge is -2.34. The van der Waals surface area contributed by atoms with E-state index < -0.39 is 0 Å². The van der Waals surface area contributed by atoms with Gasteiger partial charge in [0.05, 0.1) is 7.11 Å². The zero-order valence-electron chi connectivity index (χ0n) is 19.1. The Morgan fingerprint density at radius 3 is 2.53 bits per heavy atom. The Labute approximate surface area is 204 Å². The summed E-state index contributed by atoms with van der Waals surface area (Å²) in [4.78, 5) is 25.8. The summed E-state index contributed by atoms with van der Waals surface area (Å²) < 4.78 is 11.3. The molecule has 1 aliphatic rings. The Kier molecular flexibility index (Phi) is 8.17. The lowest BCUT2D eigenvalue weighted by atomic mass is 10.2. The summed E-state index contributed by atoms with van der Waals surface area (Å²) in [5.74, 6) is 1.68. The first-order chi connectivity index (χ1) is 16.6. The summed E-state index contributed by atoms with van der Waals surface area (Å²) in [6.07, 6.45) is 3.52. The Balaban J connectivity index is 1.24. The van der Waals surface area contributed by atoms with Gasteiger partial charge in [0.1, 0.15) is 6.61 Å². The van der Waals surface area contributed by atoms with Crippen LogP contribution in [0.1, 0.15) is 15.9 Å². The van der Waals surface area contributed by atoms with Crippen LogP contribution in [-0.2, 0) is 6.61 Å². The van der Waals surface area contributed by atoms with E-state index in [0.29, 0.717) is 35.2 Å². The zero-order chi connectivity index (χ0) is 23.8. The second-order valence-corrected chi connectivity index (χ2v) is 8.29. The molecule has 8 nitrogen and oxygen atoms in total. The van der Waals surface area contributed by atoms with Crippen LogP contribution in [0, 0.1) is 0 Å². The van der Waals surface area contributed by atoms with Crippen LogP contribution >= 0.6 is 11.6 Å². The maximum atomic E-state index is 12.7. The number of piperazine rings is 1. The molecule has 0 bridgehead atoms. The highest BCUT2D eigenvalue weighted by Crippen LogP contribution is 2.29. The van der Waals surface area contributed by atoms with Gasteiger partial charge in [0.2, 0.25) is 5.95 Å². The van der Waals surface area contributed by atoms with Crippen LogP contribution in [0.5, 0.6) is 11.5 Å². The summed E-state index contributed by atoms with van der Waals surface area (Å²) >= 11 is 6.20. The molecule has 2 heterocycles. The van der Waals surface area contributed by atoms with Crippen molar-refractivity contribution in [3.05, 3.63) is 77.1 Å². The molecule has 9 heteroatoms. The van der Waals surface area contributed by atoms with E-state index in [9.17, 15) is 4.79 Å². The van der Waals surface area contributed by atoms with Crippen LogP contribution in [0.3, 0.4) is 0 Å². The largest absolute Gasteiger partial charge is 0.493 e. The second-order valence-electron chi connectivity index (χ2n) is 7.88. The van der Waals surface area contributed by atoms with Gasteiger partial charge in [-0.05, 0) is 30.3 Å². The fourth-order valence-corrected chi connectivity index (χ4v) is 3.94. The van der Waals surface area contributed by atoms with Crippen molar-refractivity contribution < 1.29 is 14.3 Å². The first-order valence-corrected chi connectivity index (χ1v) is 11.6. The molecule has 4 rings (SSSR count). The summed E-state index contributed by atoms with van der Waals surface area (Å²) in [5, 5.41) is 3.64. The maximum absolute atomic E-state index is 12.7. The van der Waals surface area contributed by atoms with Gasteiger partial charge in [0, 0.05) is 67.8 Å². The van der Waals surface area contributed by atoms with Gasteiger partial charge in [-0.15, -0.1) is 0 Å². The predicted octanol–water partition coefficient (Wildman–Crippen LogP) is 3.27. The SMILES string of the molecule is COc1cc(C(=O)NCCN2CCN(c3ncccn3)CC2)ccc1OCc1ccccc1Cl. The molecule has 0 spiro atoms. The molecule has 3 aromatic rings. The van der Waals surface area contributed by atoms with E-state index in [1.807, 2.05) is 30.3 Å². The number of halogens is 1. The lowest BCUT2D eigenvalue weighted by Crippen LogP contribution is -2.49. The van der Waals surface area contributed by atoms with Gasteiger partial charge in [0.25, 0.3) is 5.91 Å². The molecule has 2 aromatic carbocycles. The summed E-state index contributed by atoms with van der Waals surface area (Å²) in [7, 11) is 1.56. The van der Waals surface area contributed by atoms with Crippen molar-refractivity contribution in [2.75, 3.05) is 51.3 Å². The van der Waals surface area contributed by atoms with E-state index in [0.717, 1.165) is 44.2 Å². The summed E-state index contributed by atoms with van der Waals surface area (Å²) in [6, 6.07) is 14.5. The van der Waals surface area contributed by atoms with E-state index in [1.54, 1.807) is 37.7 Å². The number of amides is 1. The van der Waals surface area contributed by atoms with E-state index >= 15 is 0 Å². The number of hydrogen-bond acceptors (Lipinski definition) is 7. The fraction of sp³-hybridized carbons (Fsp3) is 0.320. The first-order valence-electron chi connectivity index (χ1n) is 11.2. The van der Waals surface area contributed by atoms with Gasteiger partial charge in [-0.2, -0.15) is 0 Å². The number of carbonyl (C=O) groups is 1. The number of ether oxygens (including phenoxy) is 2. The first kappa shape index (κ1) is 23.8. The third kappa shape index (κ3) is 6.15. The maximum Gasteiger partial charge on any atom is 0.251 e. The average molecular weight is 482 g/mol. The van der Waals surface area contributed by atoms with Crippen LogP contribution in [0.2, 0.25) is 5.02 Å². The Morgan fingerprint density at radius 2 is 1.79 bits per heavy atom. The molecule has 0 atom stereocenters. The smallest absolute Gasteiger partial charge is 0.251 e. The van der Waals surface area contributed by atoms with Crippen molar-refractivity contribution in [2.24, 2.45) is 0 Å². The monoisotopic (exact) mass is 481 g/mol. The van der Waals surface area contributed by atoms with Crippen molar-refractivity contribution in [3.63, 3.8) is 0 Å². The molecule has 34 heavy (non-hydrogen) atoms. The minimum Gasteiger partial charge on any atom is -0.493 e. The van der Waals surface area contributed by atoms with Gasteiger partial charge in [-0.25, -0.2) is 9.97 Å². The number of anilines is 1. The minimum atomic E-state index is -0.146. The van der Waals surface area contributed by atoms with Crippen molar-refractivity contribution in [3.8, 4) is 11.5 Å². The molecule has 1 amide bonds. The van der Waals surface area contributed by atoms with E-state index in [1.165, 1.54) is 0 Å². The van der Waals surface area contributed by atoms with Gasteiger partial charge < -0.3 is 19.7 Å². The number of aromatic nitrogens is 2. The molecule has 1 aliphatic heterocycles. The van der Waals surface area contributed by atoms with Gasteiger partial charge in [0.15, 0.2) is 11.5 Å². The van der Waals surface area contributed by atoms with Crippen LogP contribution in [0.4, 0.5) is 5.95 Å². The molecular weight excluding hydrogens is 454 g/mol. The number of methoxy groups -OCH3 is 1. The zero-order valence-corrected chi connectivity index (χ0v) is 19.9. The highest BCUT2D eigenvalue weighted by Gasteiger charge is 2.19. The van der Waals surface area contributed by atoms with Crippen LogP contribution < -0.4 is 19.7 Å².